The molecule has 0 aliphatic heterocycles. The highest BCUT2D eigenvalue weighted by Crippen LogP contribution is 2.20. The van der Waals surface area contributed by atoms with Crippen LogP contribution in [0.2, 0.25) is 0 Å². The van der Waals surface area contributed by atoms with Crippen LogP contribution in [0, 0.1) is 3.57 Å². The standard InChI is InChI=1S/C10H13IN2O4S/c1-10(2,3)17-9(14)13-7-5-12-8(18(15)16)4-6(7)11/h4-5H,1-3H3,(H,13,14)(H,15,16)/p-1. The minimum Gasteiger partial charge on any atom is -0.767 e. The molecular formula is C10H12IN2O4S-. The van der Waals surface area contributed by atoms with Crippen molar-refractivity contribution < 1.29 is 18.3 Å². The molecule has 0 aliphatic rings. The summed E-state index contributed by atoms with van der Waals surface area (Å²) in [5.74, 6) is 0. The third-order valence-corrected chi connectivity index (χ3v) is 3.09. The zero-order chi connectivity index (χ0) is 13.9. The second-order valence-corrected chi connectivity index (χ2v) is 6.41. The second kappa shape index (κ2) is 5.93. The number of carbonyl (C=O) groups excluding carboxylic acids is 1. The molecule has 1 atom stereocenters. The summed E-state index contributed by atoms with van der Waals surface area (Å²) in [5.41, 5.74) is -0.196. The van der Waals surface area contributed by atoms with Crippen LogP contribution in [0.1, 0.15) is 20.8 Å². The zero-order valence-corrected chi connectivity index (χ0v) is 13.0. The summed E-state index contributed by atoms with van der Waals surface area (Å²) in [6.45, 7) is 5.25. The van der Waals surface area contributed by atoms with Crippen molar-refractivity contribution in [2.45, 2.75) is 31.4 Å². The van der Waals surface area contributed by atoms with Crippen LogP contribution in [0.5, 0.6) is 0 Å². The molecule has 18 heavy (non-hydrogen) atoms. The van der Waals surface area contributed by atoms with E-state index in [4.69, 9.17) is 4.74 Å². The lowest BCUT2D eigenvalue weighted by Gasteiger charge is -2.20. The van der Waals surface area contributed by atoms with Gasteiger partial charge in [-0.25, -0.2) is 9.78 Å². The molecule has 0 saturated heterocycles. The molecule has 100 valence electrons. The number of nitrogens with one attached hydrogen (secondary N) is 1. The van der Waals surface area contributed by atoms with E-state index < -0.39 is 22.8 Å². The van der Waals surface area contributed by atoms with Crippen molar-refractivity contribution in [3.05, 3.63) is 15.8 Å². The van der Waals surface area contributed by atoms with Crippen molar-refractivity contribution in [1.29, 1.82) is 0 Å². The van der Waals surface area contributed by atoms with Gasteiger partial charge < -0.3 is 9.29 Å². The van der Waals surface area contributed by atoms with E-state index in [9.17, 15) is 13.6 Å². The fourth-order valence-electron chi connectivity index (χ4n) is 1.01. The highest BCUT2D eigenvalue weighted by atomic mass is 127. The summed E-state index contributed by atoms with van der Waals surface area (Å²) < 4.78 is 27.0. The van der Waals surface area contributed by atoms with Gasteiger partial charge >= 0.3 is 6.09 Å². The average Bonchev–Trinajstić information content (AvgIpc) is 2.17. The van der Waals surface area contributed by atoms with Gasteiger partial charge in [-0.1, -0.05) is 0 Å². The van der Waals surface area contributed by atoms with E-state index >= 15 is 0 Å². The normalized spacial score (nSPS) is 12.9. The third kappa shape index (κ3) is 4.86. The number of pyridine rings is 1. The Morgan fingerprint density at radius 1 is 1.56 bits per heavy atom. The Morgan fingerprint density at radius 3 is 2.61 bits per heavy atom. The van der Waals surface area contributed by atoms with Gasteiger partial charge in [0.05, 0.1) is 11.9 Å². The van der Waals surface area contributed by atoms with E-state index in [2.05, 4.69) is 10.3 Å². The van der Waals surface area contributed by atoms with Gasteiger partial charge in [-0.2, -0.15) is 0 Å². The van der Waals surface area contributed by atoms with Crippen molar-refractivity contribution in [2.75, 3.05) is 5.32 Å². The lowest BCUT2D eigenvalue weighted by atomic mass is 10.2. The molecule has 0 aromatic carbocycles. The van der Waals surface area contributed by atoms with Crippen molar-refractivity contribution in [1.82, 2.24) is 4.98 Å². The van der Waals surface area contributed by atoms with E-state index in [1.165, 1.54) is 12.3 Å². The number of rotatable bonds is 2. The number of hydrogen-bond acceptors (Lipinski definition) is 5. The second-order valence-electron chi connectivity index (χ2n) is 4.36. The molecule has 0 spiro atoms. The van der Waals surface area contributed by atoms with E-state index in [1.54, 1.807) is 20.8 Å². The first-order chi connectivity index (χ1) is 8.19. The van der Waals surface area contributed by atoms with Crippen molar-refractivity contribution in [2.24, 2.45) is 0 Å². The van der Waals surface area contributed by atoms with Crippen LogP contribution >= 0.6 is 22.6 Å². The van der Waals surface area contributed by atoms with Crippen LogP contribution in [0.3, 0.4) is 0 Å². The molecule has 1 aromatic rings. The molecule has 6 nitrogen and oxygen atoms in total. The van der Waals surface area contributed by atoms with E-state index in [0.717, 1.165) is 0 Å². The van der Waals surface area contributed by atoms with Crippen molar-refractivity contribution >= 4 is 45.5 Å². The van der Waals surface area contributed by atoms with Crippen LogP contribution < -0.4 is 5.32 Å². The summed E-state index contributed by atoms with van der Waals surface area (Å²) in [6.07, 6.45) is 0.662. The highest BCUT2D eigenvalue weighted by molar-refractivity contribution is 14.1. The van der Waals surface area contributed by atoms with Crippen molar-refractivity contribution in [3.63, 3.8) is 0 Å². The van der Waals surface area contributed by atoms with Crippen LogP contribution in [0.25, 0.3) is 0 Å². The number of ether oxygens (including phenoxy) is 1. The molecule has 0 saturated carbocycles. The molecule has 0 fully saturated rings. The molecule has 8 heteroatoms. The third-order valence-electron chi connectivity index (χ3n) is 1.63. The maximum Gasteiger partial charge on any atom is 0.412 e. The Kier molecular flexibility index (Phi) is 5.05. The van der Waals surface area contributed by atoms with Crippen molar-refractivity contribution in [3.8, 4) is 0 Å². The fourth-order valence-corrected chi connectivity index (χ4v) is 2.14. The largest absolute Gasteiger partial charge is 0.767 e. The minimum absolute atomic E-state index is 0.0749. The minimum atomic E-state index is -2.39. The number of anilines is 1. The summed E-state index contributed by atoms with van der Waals surface area (Å²) in [5, 5.41) is 2.43. The van der Waals surface area contributed by atoms with Gasteiger partial charge in [0.2, 0.25) is 0 Å². The van der Waals surface area contributed by atoms with Gasteiger partial charge in [-0.3, -0.25) is 9.53 Å². The quantitative estimate of drug-likeness (QED) is 0.625. The maximum atomic E-state index is 11.5. The van der Waals surface area contributed by atoms with Crippen LogP contribution in [0.4, 0.5) is 10.5 Å². The molecule has 1 N–H and O–H groups in total. The average molecular weight is 383 g/mol. The van der Waals surface area contributed by atoms with Gasteiger partial charge in [0.1, 0.15) is 10.6 Å². The van der Waals surface area contributed by atoms with Gasteiger partial charge in [0, 0.05) is 3.57 Å². The first kappa shape index (κ1) is 15.3. The Labute approximate surface area is 121 Å². The lowest BCUT2D eigenvalue weighted by molar-refractivity contribution is 0.0635. The van der Waals surface area contributed by atoms with Crippen LogP contribution in [-0.4, -0.2) is 25.4 Å². The van der Waals surface area contributed by atoms with Gasteiger partial charge in [-0.05, 0) is 60.5 Å². The maximum absolute atomic E-state index is 11.5. The summed E-state index contributed by atoms with van der Waals surface area (Å²) in [4.78, 5) is 15.2. The Morgan fingerprint density at radius 2 is 2.17 bits per heavy atom. The monoisotopic (exact) mass is 383 g/mol. The summed E-state index contributed by atoms with van der Waals surface area (Å²) >= 11 is -0.480. The predicted octanol–water partition coefficient (Wildman–Crippen LogP) is 2.27. The smallest absolute Gasteiger partial charge is 0.412 e. The lowest BCUT2D eigenvalue weighted by Crippen LogP contribution is -2.27. The number of carbonyl (C=O) groups is 1. The number of aromatic nitrogens is 1. The first-order valence-electron chi connectivity index (χ1n) is 4.94. The molecule has 0 radical (unpaired) electrons. The molecule has 0 aliphatic carbocycles. The molecular weight excluding hydrogens is 371 g/mol. The van der Waals surface area contributed by atoms with Gasteiger partial charge in [-0.15, -0.1) is 0 Å². The molecule has 1 amide bonds. The van der Waals surface area contributed by atoms with Gasteiger partial charge in [0.25, 0.3) is 0 Å². The van der Waals surface area contributed by atoms with Gasteiger partial charge in [0.15, 0.2) is 0 Å². The number of halogens is 1. The van der Waals surface area contributed by atoms with Crippen LogP contribution in [0.15, 0.2) is 17.3 Å². The number of nitrogens with zero attached hydrogens (tertiary/aromatic N) is 1. The Balaban J connectivity index is 2.80. The van der Waals surface area contributed by atoms with Crippen LogP contribution in [-0.2, 0) is 15.8 Å². The van der Waals surface area contributed by atoms with E-state index in [-0.39, 0.29) is 5.03 Å². The molecule has 1 unspecified atom stereocenters. The molecule has 1 aromatic heterocycles. The fraction of sp³-hybridized carbons (Fsp3) is 0.400. The molecule has 0 bridgehead atoms. The SMILES string of the molecule is CC(C)(C)OC(=O)Nc1cnc(S(=O)[O-])cc1I. The number of amides is 1. The van der Waals surface area contributed by atoms with E-state index in [0.29, 0.717) is 9.26 Å². The summed E-state index contributed by atoms with van der Waals surface area (Å²) in [7, 11) is 0. The molecule has 1 heterocycles. The Hall–Kier alpha value is -0.740. The predicted molar refractivity (Wildman–Crippen MR) is 74.0 cm³/mol. The topological polar surface area (TPSA) is 91.3 Å². The Bertz CT molecular complexity index is 487. The number of hydrogen-bond donors (Lipinski definition) is 1. The van der Waals surface area contributed by atoms with E-state index in [1.807, 2.05) is 22.6 Å². The first-order valence-corrected chi connectivity index (χ1v) is 7.09. The molecule has 1 rings (SSSR count). The highest BCUT2D eigenvalue weighted by Gasteiger charge is 2.17. The summed E-state index contributed by atoms with van der Waals surface area (Å²) in [6, 6.07) is 1.36. The zero-order valence-electron chi connectivity index (χ0n) is 10.0.